The Morgan fingerprint density at radius 3 is 2.46 bits per heavy atom. The third kappa shape index (κ3) is 4.45. The number of alkyl halides is 2. The third-order valence-corrected chi connectivity index (χ3v) is 4.54. The fourth-order valence-corrected chi connectivity index (χ4v) is 3.13. The molecule has 0 spiro atoms. The summed E-state index contributed by atoms with van der Waals surface area (Å²) < 4.78 is 28.7. The fraction of sp³-hybridized carbons (Fsp3) is 0.0526. The standard InChI is InChI=1S/C19H11ClF2N2OS/c20-15-5-3-13(4-6-15)17-11-26-18(24-17)14(10-23)9-12-1-7-16(8-2-12)25-19(21)22/h1-9,11,19H/b14-9+. The molecule has 26 heavy (non-hydrogen) atoms. The fourth-order valence-electron chi connectivity index (χ4n) is 2.20. The monoisotopic (exact) mass is 388 g/mol. The molecule has 0 radical (unpaired) electrons. The number of halogens is 3. The van der Waals surface area contributed by atoms with Crippen LogP contribution in [0.3, 0.4) is 0 Å². The van der Waals surface area contributed by atoms with Gasteiger partial charge in [-0.05, 0) is 35.9 Å². The van der Waals surface area contributed by atoms with Crippen molar-refractivity contribution in [2.75, 3.05) is 0 Å². The molecule has 0 saturated carbocycles. The van der Waals surface area contributed by atoms with E-state index in [1.54, 1.807) is 30.3 Å². The quantitative estimate of drug-likeness (QED) is 0.494. The van der Waals surface area contributed by atoms with Crippen LogP contribution in [0.4, 0.5) is 8.78 Å². The van der Waals surface area contributed by atoms with Crippen molar-refractivity contribution in [3.8, 4) is 23.1 Å². The highest BCUT2D eigenvalue weighted by molar-refractivity contribution is 7.11. The molecule has 0 N–H and O–H groups in total. The number of nitriles is 1. The number of hydrogen-bond donors (Lipinski definition) is 0. The summed E-state index contributed by atoms with van der Waals surface area (Å²) in [5.41, 5.74) is 2.73. The highest BCUT2D eigenvalue weighted by atomic mass is 35.5. The molecule has 0 saturated heterocycles. The van der Waals surface area contributed by atoms with Crippen molar-refractivity contribution in [2.24, 2.45) is 0 Å². The number of ether oxygens (including phenoxy) is 1. The van der Waals surface area contributed by atoms with Gasteiger partial charge in [0.25, 0.3) is 0 Å². The van der Waals surface area contributed by atoms with Gasteiger partial charge in [0, 0.05) is 16.0 Å². The highest BCUT2D eigenvalue weighted by Crippen LogP contribution is 2.28. The molecule has 3 nitrogen and oxygen atoms in total. The molecule has 0 fully saturated rings. The van der Waals surface area contributed by atoms with Crippen LogP contribution in [0, 0.1) is 11.3 Å². The number of allylic oxidation sites excluding steroid dienone is 1. The van der Waals surface area contributed by atoms with Crippen molar-refractivity contribution in [3.05, 3.63) is 69.5 Å². The van der Waals surface area contributed by atoms with Gasteiger partial charge >= 0.3 is 6.61 Å². The predicted octanol–water partition coefficient (Wildman–Crippen LogP) is 6.13. The summed E-state index contributed by atoms with van der Waals surface area (Å²) in [5.74, 6) is 0.0648. The van der Waals surface area contributed by atoms with E-state index in [4.69, 9.17) is 11.6 Å². The van der Waals surface area contributed by atoms with Crippen molar-refractivity contribution < 1.29 is 13.5 Å². The van der Waals surface area contributed by atoms with Crippen LogP contribution in [0.15, 0.2) is 53.9 Å². The maximum absolute atomic E-state index is 12.2. The van der Waals surface area contributed by atoms with Crippen molar-refractivity contribution in [3.63, 3.8) is 0 Å². The molecule has 2 aromatic carbocycles. The van der Waals surface area contributed by atoms with Gasteiger partial charge in [0.05, 0.1) is 11.3 Å². The molecular formula is C19H11ClF2N2OS. The number of rotatable bonds is 5. The molecule has 1 heterocycles. The first-order chi connectivity index (χ1) is 12.5. The number of benzene rings is 2. The molecule has 0 bridgehead atoms. The van der Waals surface area contributed by atoms with E-state index >= 15 is 0 Å². The third-order valence-electron chi connectivity index (χ3n) is 3.41. The first-order valence-electron chi connectivity index (χ1n) is 7.43. The Morgan fingerprint density at radius 2 is 1.85 bits per heavy atom. The van der Waals surface area contributed by atoms with E-state index < -0.39 is 6.61 Å². The lowest BCUT2D eigenvalue weighted by molar-refractivity contribution is -0.0498. The molecule has 0 atom stereocenters. The van der Waals surface area contributed by atoms with Gasteiger partial charge in [-0.1, -0.05) is 35.9 Å². The summed E-state index contributed by atoms with van der Waals surface area (Å²) >= 11 is 7.24. The zero-order valence-electron chi connectivity index (χ0n) is 13.2. The minimum Gasteiger partial charge on any atom is -0.435 e. The molecular weight excluding hydrogens is 378 g/mol. The molecule has 3 rings (SSSR count). The Hall–Kier alpha value is -2.75. The zero-order chi connectivity index (χ0) is 18.5. The second-order valence-corrected chi connectivity index (χ2v) is 6.46. The summed E-state index contributed by atoms with van der Waals surface area (Å²) in [6, 6.07) is 15.4. The minimum atomic E-state index is -2.87. The number of thiazole rings is 1. The van der Waals surface area contributed by atoms with E-state index in [1.165, 1.54) is 23.5 Å². The SMILES string of the molecule is N#C/C(=C\c1ccc(OC(F)F)cc1)c1nc(-c2ccc(Cl)cc2)cs1. The van der Waals surface area contributed by atoms with Gasteiger partial charge in [0.1, 0.15) is 16.8 Å². The zero-order valence-corrected chi connectivity index (χ0v) is 14.8. The molecule has 0 aliphatic heterocycles. The predicted molar refractivity (Wildman–Crippen MR) is 99.1 cm³/mol. The van der Waals surface area contributed by atoms with Gasteiger partial charge in [0.15, 0.2) is 0 Å². The number of hydrogen-bond acceptors (Lipinski definition) is 4. The average molecular weight is 389 g/mol. The largest absolute Gasteiger partial charge is 0.435 e. The van der Waals surface area contributed by atoms with Gasteiger partial charge in [-0.15, -0.1) is 11.3 Å². The van der Waals surface area contributed by atoms with Crippen LogP contribution < -0.4 is 4.74 Å². The molecule has 7 heteroatoms. The van der Waals surface area contributed by atoms with Crippen LogP contribution in [-0.2, 0) is 0 Å². The summed E-state index contributed by atoms with van der Waals surface area (Å²) in [6.45, 7) is -2.87. The molecule has 1 aromatic heterocycles. The van der Waals surface area contributed by atoms with Gasteiger partial charge in [0.2, 0.25) is 0 Å². The van der Waals surface area contributed by atoms with Crippen molar-refractivity contribution in [1.82, 2.24) is 4.98 Å². The topological polar surface area (TPSA) is 45.9 Å². The first-order valence-corrected chi connectivity index (χ1v) is 8.69. The average Bonchev–Trinajstić information content (AvgIpc) is 3.11. The molecule has 3 aromatic rings. The lowest BCUT2D eigenvalue weighted by atomic mass is 10.1. The van der Waals surface area contributed by atoms with Crippen LogP contribution in [0.2, 0.25) is 5.02 Å². The second kappa shape index (κ2) is 8.09. The lowest BCUT2D eigenvalue weighted by Crippen LogP contribution is -2.01. The smallest absolute Gasteiger partial charge is 0.387 e. The normalized spacial score (nSPS) is 11.4. The molecule has 0 unspecified atom stereocenters. The second-order valence-electron chi connectivity index (χ2n) is 5.16. The van der Waals surface area contributed by atoms with Crippen LogP contribution in [0.5, 0.6) is 5.75 Å². The molecule has 0 amide bonds. The van der Waals surface area contributed by atoms with Crippen molar-refractivity contribution in [2.45, 2.75) is 6.61 Å². The summed E-state index contributed by atoms with van der Waals surface area (Å²) in [7, 11) is 0. The van der Waals surface area contributed by atoms with E-state index in [0.29, 0.717) is 21.2 Å². The van der Waals surface area contributed by atoms with Gasteiger partial charge in [-0.3, -0.25) is 0 Å². The van der Waals surface area contributed by atoms with Gasteiger partial charge in [-0.2, -0.15) is 14.0 Å². The van der Waals surface area contributed by atoms with Gasteiger partial charge < -0.3 is 4.74 Å². The molecule has 0 aliphatic rings. The Morgan fingerprint density at radius 1 is 1.15 bits per heavy atom. The lowest BCUT2D eigenvalue weighted by Gasteiger charge is -2.04. The molecule has 0 aliphatic carbocycles. The number of nitrogens with zero attached hydrogens (tertiary/aromatic N) is 2. The van der Waals surface area contributed by atoms with Crippen molar-refractivity contribution >= 4 is 34.6 Å². The van der Waals surface area contributed by atoms with E-state index in [2.05, 4.69) is 15.8 Å². The molecule has 130 valence electrons. The maximum atomic E-state index is 12.2. The Kier molecular flexibility index (Phi) is 5.61. The number of aromatic nitrogens is 1. The Bertz CT molecular complexity index is 960. The first kappa shape index (κ1) is 18.1. The Labute approximate surface area is 157 Å². The van der Waals surface area contributed by atoms with E-state index in [0.717, 1.165) is 11.3 Å². The summed E-state index contributed by atoms with van der Waals surface area (Å²) in [5, 5.41) is 12.5. The van der Waals surface area contributed by atoms with Gasteiger partial charge in [-0.25, -0.2) is 4.98 Å². The van der Waals surface area contributed by atoms with E-state index in [1.807, 2.05) is 17.5 Å². The highest BCUT2D eigenvalue weighted by Gasteiger charge is 2.10. The van der Waals surface area contributed by atoms with E-state index in [-0.39, 0.29) is 5.75 Å². The Balaban J connectivity index is 1.84. The van der Waals surface area contributed by atoms with E-state index in [9.17, 15) is 14.0 Å². The van der Waals surface area contributed by atoms with Crippen LogP contribution in [-0.4, -0.2) is 11.6 Å². The van der Waals surface area contributed by atoms with Crippen molar-refractivity contribution in [1.29, 1.82) is 5.26 Å². The minimum absolute atomic E-state index is 0.0648. The summed E-state index contributed by atoms with van der Waals surface area (Å²) in [4.78, 5) is 4.50. The van der Waals surface area contributed by atoms with Crippen LogP contribution in [0.1, 0.15) is 10.6 Å². The van der Waals surface area contributed by atoms with Crippen LogP contribution in [0.25, 0.3) is 22.9 Å². The maximum Gasteiger partial charge on any atom is 0.387 e. The summed E-state index contributed by atoms with van der Waals surface area (Å²) in [6.07, 6.45) is 1.65. The van der Waals surface area contributed by atoms with Crippen LogP contribution >= 0.6 is 22.9 Å².